The zero-order valence-corrected chi connectivity index (χ0v) is 13.9. The highest BCUT2D eigenvalue weighted by Crippen LogP contribution is 2.34. The fraction of sp³-hybridized carbons (Fsp3) is 0.200. The molecule has 0 saturated heterocycles. The van der Waals surface area contributed by atoms with Crippen LogP contribution in [0.4, 0.5) is 4.39 Å². The first kappa shape index (κ1) is 15.8. The Morgan fingerprint density at radius 2 is 1.90 bits per heavy atom. The summed E-state index contributed by atoms with van der Waals surface area (Å²) < 4.78 is 14.4. The Bertz CT molecular complexity index is 567. The summed E-state index contributed by atoms with van der Waals surface area (Å²) in [4.78, 5) is 0. The van der Waals surface area contributed by atoms with E-state index in [2.05, 4.69) is 21.2 Å². The second-order valence-electron chi connectivity index (χ2n) is 4.32. The molecule has 0 saturated carbocycles. The number of rotatable bonds is 4. The Kier molecular flexibility index (Phi) is 5.44. The molecule has 2 aromatic rings. The van der Waals surface area contributed by atoms with Gasteiger partial charge in [-0.2, -0.15) is 0 Å². The van der Waals surface area contributed by atoms with E-state index in [9.17, 15) is 4.39 Å². The van der Waals surface area contributed by atoms with Crippen molar-refractivity contribution in [1.29, 1.82) is 0 Å². The van der Waals surface area contributed by atoms with Crippen molar-refractivity contribution in [3.05, 3.63) is 67.9 Å². The van der Waals surface area contributed by atoms with Gasteiger partial charge in [0.1, 0.15) is 5.82 Å². The Morgan fingerprint density at radius 3 is 2.60 bits per heavy atom. The number of hydrogen-bond donors (Lipinski definition) is 1. The lowest BCUT2D eigenvalue weighted by atomic mass is 9.98. The molecule has 2 rings (SSSR count). The maximum Gasteiger partial charge on any atom is 0.123 e. The molecule has 1 nitrogen and oxygen atoms in total. The molecule has 106 valence electrons. The third kappa shape index (κ3) is 3.53. The number of hydrogen-bond acceptors (Lipinski definition) is 1. The predicted molar refractivity (Wildman–Crippen MR) is 86.1 cm³/mol. The largest absolute Gasteiger partial charge is 0.306 e. The minimum Gasteiger partial charge on any atom is -0.306 e. The van der Waals surface area contributed by atoms with Crippen molar-refractivity contribution in [2.24, 2.45) is 0 Å². The molecule has 0 bridgehead atoms. The second kappa shape index (κ2) is 6.90. The quantitative estimate of drug-likeness (QED) is 0.732. The van der Waals surface area contributed by atoms with Crippen LogP contribution in [0, 0.1) is 5.82 Å². The van der Waals surface area contributed by atoms with E-state index in [-0.39, 0.29) is 11.9 Å². The Balaban J connectivity index is 2.55. The van der Waals surface area contributed by atoms with E-state index in [0.29, 0.717) is 15.6 Å². The lowest BCUT2D eigenvalue weighted by Gasteiger charge is -2.21. The molecule has 0 aromatic heterocycles. The zero-order valence-electron chi connectivity index (χ0n) is 10.8. The zero-order chi connectivity index (χ0) is 14.7. The highest BCUT2D eigenvalue weighted by atomic mass is 79.9. The third-order valence-corrected chi connectivity index (χ3v) is 4.25. The minimum atomic E-state index is -0.314. The molecule has 1 N–H and O–H groups in total. The molecule has 0 radical (unpaired) electrons. The van der Waals surface area contributed by atoms with Crippen molar-refractivity contribution >= 4 is 39.1 Å². The molecule has 1 atom stereocenters. The van der Waals surface area contributed by atoms with Crippen molar-refractivity contribution in [3.8, 4) is 0 Å². The summed E-state index contributed by atoms with van der Waals surface area (Å²) in [5.41, 5.74) is 1.61. The van der Waals surface area contributed by atoms with E-state index in [1.165, 1.54) is 12.1 Å². The van der Waals surface area contributed by atoms with Crippen LogP contribution in [0.3, 0.4) is 0 Å². The van der Waals surface area contributed by atoms with E-state index in [1.54, 1.807) is 12.1 Å². The fourth-order valence-electron chi connectivity index (χ4n) is 2.06. The molecule has 2 aromatic carbocycles. The maximum absolute atomic E-state index is 13.5. The van der Waals surface area contributed by atoms with Crippen molar-refractivity contribution in [3.63, 3.8) is 0 Å². The number of halogens is 4. The van der Waals surface area contributed by atoms with E-state index in [1.807, 2.05) is 19.1 Å². The lowest BCUT2D eigenvalue weighted by molar-refractivity contribution is 0.602. The molecule has 0 fully saturated rings. The second-order valence-corrected chi connectivity index (χ2v) is 6.02. The van der Waals surface area contributed by atoms with Gasteiger partial charge in [0.25, 0.3) is 0 Å². The highest BCUT2D eigenvalue weighted by molar-refractivity contribution is 9.10. The summed E-state index contributed by atoms with van der Waals surface area (Å²) in [7, 11) is 0. The van der Waals surface area contributed by atoms with Crippen LogP contribution in [0.1, 0.15) is 24.1 Å². The standard InChI is InChI=1S/C15H13BrCl2FN/c1-2-20-15(11-7-9(17)3-5-13(11)16)12-8-10(19)4-6-14(12)18/h3-8,15,20H,2H2,1H3. The van der Waals surface area contributed by atoms with Gasteiger partial charge in [-0.3, -0.25) is 0 Å². The lowest BCUT2D eigenvalue weighted by Crippen LogP contribution is -2.23. The van der Waals surface area contributed by atoms with Gasteiger partial charge in [-0.15, -0.1) is 0 Å². The van der Waals surface area contributed by atoms with Gasteiger partial charge in [0, 0.05) is 14.5 Å². The Morgan fingerprint density at radius 1 is 1.15 bits per heavy atom. The van der Waals surface area contributed by atoms with Crippen LogP contribution in [0.15, 0.2) is 40.9 Å². The summed E-state index contributed by atoms with van der Waals surface area (Å²) in [6.07, 6.45) is 0. The van der Waals surface area contributed by atoms with Gasteiger partial charge in [-0.1, -0.05) is 46.1 Å². The predicted octanol–water partition coefficient (Wildman–Crippen LogP) is 5.59. The van der Waals surface area contributed by atoms with Crippen molar-refractivity contribution < 1.29 is 4.39 Å². The average Bonchev–Trinajstić information content (AvgIpc) is 2.42. The number of nitrogens with one attached hydrogen (secondary N) is 1. The highest BCUT2D eigenvalue weighted by Gasteiger charge is 2.19. The summed E-state index contributed by atoms with van der Waals surface area (Å²) in [6.45, 7) is 2.70. The molecular weight excluding hydrogens is 364 g/mol. The first-order chi connectivity index (χ1) is 9.52. The van der Waals surface area contributed by atoms with Crippen LogP contribution in [0.25, 0.3) is 0 Å². The maximum atomic E-state index is 13.5. The molecule has 20 heavy (non-hydrogen) atoms. The van der Waals surface area contributed by atoms with Crippen LogP contribution in [-0.4, -0.2) is 6.54 Å². The van der Waals surface area contributed by atoms with Crippen molar-refractivity contribution in [1.82, 2.24) is 5.32 Å². The molecule has 0 heterocycles. The Labute approximate surface area is 136 Å². The van der Waals surface area contributed by atoms with Gasteiger partial charge in [0.15, 0.2) is 0 Å². The molecule has 1 unspecified atom stereocenters. The van der Waals surface area contributed by atoms with Crippen molar-refractivity contribution in [2.75, 3.05) is 6.54 Å². The van der Waals surface area contributed by atoms with Gasteiger partial charge in [0.05, 0.1) is 6.04 Å². The van der Waals surface area contributed by atoms with E-state index in [4.69, 9.17) is 23.2 Å². The van der Waals surface area contributed by atoms with Gasteiger partial charge < -0.3 is 5.32 Å². The van der Waals surface area contributed by atoms with Crippen LogP contribution < -0.4 is 5.32 Å². The minimum absolute atomic E-state index is 0.226. The fourth-order valence-corrected chi connectivity index (χ4v) is 2.95. The van der Waals surface area contributed by atoms with Gasteiger partial charge in [-0.05, 0) is 54.1 Å². The topological polar surface area (TPSA) is 12.0 Å². The summed E-state index contributed by atoms with van der Waals surface area (Å²) in [5.74, 6) is -0.314. The van der Waals surface area contributed by atoms with Crippen molar-refractivity contribution in [2.45, 2.75) is 13.0 Å². The smallest absolute Gasteiger partial charge is 0.123 e. The SMILES string of the molecule is CCNC(c1cc(F)ccc1Cl)c1cc(Cl)ccc1Br. The number of benzene rings is 2. The average molecular weight is 377 g/mol. The molecule has 0 spiro atoms. The molecule has 0 aliphatic rings. The summed E-state index contributed by atoms with van der Waals surface area (Å²) >= 11 is 15.8. The van der Waals surface area contributed by atoms with Crippen LogP contribution in [0.2, 0.25) is 10.0 Å². The summed E-state index contributed by atoms with van der Waals surface area (Å²) in [5, 5.41) is 4.45. The molecule has 0 aliphatic carbocycles. The first-order valence-electron chi connectivity index (χ1n) is 6.16. The molecule has 0 amide bonds. The summed E-state index contributed by atoms with van der Waals surface area (Å²) in [6, 6.07) is 9.65. The molecule has 0 aliphatic heterocycles. The van der Waals surface area contributed by atoms with Gasteiger partial charge in [0.2, 0.25) is 0 Å². The van der Waals surface area contributed by atoms with Gasteiger partial charge in [-0.25, -0.2) is 4.39 Å². The third-order valence-electron chi connectivity index (χ3n) is 2.95. The van der Waals surface area contributed by atoms with E-state index >= 15 is 0 Å². The van der Waals surface area contributed by atoms with Crippen LogP contribution >= 0.6 is 39.1 Å². The molecule has 5 heteroatoms. The molecular formula is C15H13BrCl2FN. The van der Waals surface area contributed by atoms with Gasteiger partial charge >= 0.3 is 0 Å². The van der Waals surface area contributed by atoms with E-state index in [0.717, 1.165) is 16.6 Å². The van der Waals surface area contributed by atoms with Crippen LogP contribution in [0.5, 0.6) is 0 Å². The normalized spacial score (nSPS) is 12.4. The van der Waals surface area contributed by atoms with E-state index < -0.39 is 0 Å². The monoisotopic (exact) mass is 375 g/mol. The first-order valence-corrected chi connectivity index (χ1v) is 7.71. The Hall–Kier alpha value is -0.610. The van der Waals surface area contributed by atoms with Crippen LogP contribution in [-0.2, 0) is 0 Å².